The molecule has 8 heteroatoms. The number of sulfonamides is 1. The van der Waals surface area contributed by atoms with Gasteiger partial charge in [-0.3, -0.25) is 0 Å². The van der Waals surface area contributed by atoms with Crippen LogP contribution in [0.1, 0.15) is 5.56 Å². The molecule has 2 aliphatic heterocycles. The minimum absolute atomic E-state index is 0.178. The summed E-state index contributed by atoms with van der Waals surface area (Å²) in [5.74, 6) is 0. The number of likely N-dealkylation sites (N-methyl/N-ethyl adjacent to an activating group) is 1. The maximum atomic E-state index is 12.6. The average Bonchev–Trinajstić information content (AvgIpc) is 2.67. The molecule has 1 aromatic rings. The molecule has 2 fully saturated rings. The Morgan fingerprint density at radius 2 is 1.95 bits per heavy atom. The van der Waals surface area contributed by atoms with Gasteiger partial charge in [-0.15, -0.1) is 0 Å². The molecule has 0 aromatic heterocycles. The van der Waals surface area contributed by atoms with Crippen LogP contribution in [0, 0.1) is 6.92 Å². The molecule has 0 atom stereocenters. The molecule has 2 saturated heterocycles. The second kappa shape index (κ2) is 4.59. The van der Waals surface area contributed by atoms with Crippen molar-refractivity contribution in [3.63, 3.8) is 0 Å². The van der Waals surface area contributed by atoms with Crippen LogP contribution in [0.5, 0.6) is 0 Å². The van der Waals surface area contributed by atoms with Gasteiger partial charge in [-0.05, 0) is 24.6 Å². The number of hydrogen-bond acceptors (Lipinski definition) is 4. The maximum absolute atomic E-state index is 12.6. The second-order valence-corrected chi connectivity index (χ2v) is 7.93. The van der Waals surface area contributed by atoms with Crippen LogP contribution < -0.4 is 0 Å². The van der Waals surface area contributed by atoms with E-state index in [2.05, 4.69) is 0 Å². The lowest BCUT2D eigenvalue weighted by atomic mass is 9.97. The number of nitrogens with zero attached hydrogens (tertiary/aromatic N) is 2. The first-order chi connectivity index (χ1) is 9.73. The molecule has 2 heterocycles. The van der Waals surface area contributed by atoms with Gasteiger partial charge in [0.25, 0.3) is 0 Å². The summed E-state index contributed by atoms with van der Waals surface area (Å²) >= 11 is 5.89. The molecule has 0 aliphatic carbocycles. The van der Waals surface area contributed by atoms with Crippen LogP contribution in [0.15, 0.2) is 23.1 Å². The maximum Gasteiger partial charge on any atom is 0.410 e. The highest BCUT2D eigenvalue weighted by Crippen LogP contribution is 2.36. The number of aryl methyl sites for hydroxylation is 1. The van der Waals surface area contributed by atoms with Crippen molar-refractivity contribution in [2.75, 3.05) is 26.7 Å². The van der Waals surface area contributed by atoms with Crippen LogP contribution >= 0.6 is 11.6 Å². The highest BCUT2D eigenvalue weighted by Gasteiger charge is 2.56. The standard InChI is InChI=1S/C13H15ClN2O4S/c1-9-3-4-10(14)5-11(9)21(18,19)16-7-13(8-16)6-15(2)12(17)20-13/h3-5H,6-8H2,1-2H3. The number of carbonyl (C=O) groups is 1. The van der Waals surface area contributed by atoms with E-state index in [1.54, 1.807) is 26.1 Å². The summed E-state index contributed by atoms with van der Waals surface area (Å²) in [7, 11) is -1.98. The van der Waals surface area contributed by atoms with Crippen molar-refractivity contribution in [2.24, 2.45) is 0 Å². The van der Waals surface area contributed by atoms with Crippen molar-refractivity contribution in [3.05, 3.63) is 28.8 Å². The summed E-state index contributed by atoms with van der Waals surface area (Å²) in [6, 6.07) is 4.78. The van der Waals surface area contributed by atoms with E-state index in [0.29, 0.717) is 17.1 Å². The van der Waals surface area contributed by atoms with Gasteiger partial charge >= 0.3 is 6.09 Å². The highest BCUT2D eigenvalue weighted by atomic mass is 35.5. The molecular formula is C13H15ClN2O4S. The van der Waals surface area contributed by atoms with Gasteiger partial charge in [-0.1, -0.05) is 17.7 Å². The Balaban J connectivity index is 1.83. The van der Waals surface area contributed by atoms with Gasteiger partial charge in [0.15, 0.2) is 5.60 Å². The molecule has 3 rings (SSSR count). The van der Waals surface area contributed by atoms with Gasteiger partial charge in [0.1, 0.15) is 0 Å². The van der Waals surface area contributed by atoms with E-state index in [1.165, 1.54) is 15.3 Å². The average molecular weight is 331 g/mol. The van der Waals surface area contributed by atoms with Crippen LogP contribution in [-0.2, 0) is 14.8 Å². The van der Waals surface area contributed by atoms with Gasteiger partial charge in [0.2, 0.25) is 10.0 Å². The van der Waals surface area contributed by atoms with Gasteiger partial charge < -0.3 is 9.64 Å². The largest absolute Gasteiger partial charge is 0.438 e. The molecule has 6 nitrogen and oxygen atoms in total. The Morgan fingerprint density at radius 3 is 2.52 bits per heavy atom. The Bertz CT molecular complexity index is 713. The lowest BCUT2D eigenvalue weighted by Crippen LogP contribution is -2.65. The zero-order chi connectivity index (χ0) is 15.4. The summed E-state index contributed by atoms with van der Waals surface area (Å²) in [5.41, 5.74) is -0.0633. The molecular weight excluding hydrogens is 316 g/mol. The van der Waals surface area contributed by atoms with Crippen LogP contribution in [0.25, 0.3) is 0 Å². The monoisotopic (exact) mass is 330 g/mol. The van der Waals surface area contributed by atoms with Gasteiger partial charge in [0.05, 0.1) is 24.5 Å². The smallest absolute Gasteiger partial charge is 0.410 e. The normalized spacial score (nSPS) is 21.5. The summed E-state index contributed by atoms with van der Waals surface area (Å²) in [6.07, 6.45) is -0.411. The number of carbonyl (C=O) groups excluding carboxylic acids is 1. The number of rotatable bonds is 2. The predicted octanol–water partition coefficient (Wildman–Crippen LogP) is 1.47. The first-order valence-electron chi connectivity index (χ1n) is 6.44. The van der Waals surface area contributed by atoms with E-state index in [1.807, 2.05) is 0 Å². The molecule has 1 spiro atoms. The summed E-state index contributed by atoms with van der Waals surface area (Å²) in [6.45, 7) is 2.49. The third-order valence-corrected chi connectivity index (χ3v) is 6.01. The van der Waals surface area contributed by atoms with Crippen molar-refractivity contribution in [3.8, 4) is 0 Å². The minimum Gasteiger partial charge on any atom is -0.438 e. The third kappa shape index (κ3) is 2.29. The highest BCUT2D eigenvalue weighted by molar-refractivity contribution is 7.89. The van der Waals surface area contributed by atoms with Crippen molar-refractivity contribution >= 4 is 27.7 Å². The fourth-order valence-corrected chi connectivity index (χ4v) is 4.79. The molecule has 0 saturated carbocycles. The first-order valence-corrected chi connectivity index (χ1v) is 8.26. The topological polar surface area (TPSA) is 66.9 Å². The summed E-state index contributed by atoms with van der Waals surface area (Å²) in [5, 5.41) is 0.376. The van der Waals surface area contributed by atoms with E-state index in [-0.39, 0.29) is 18.0 Å². The Kier molecular flexibility index (Phi) is 3.20. The zero-order valence-electron chi connectivity index (χ0n) is 11.7. The molecule has 0 unspecified atom stereocenters. The first kappa shape index (κ1) is 14.6. The second-order valence-electron chi connectivity index (χ2n) is 5.59. The Morgan fingerprint density at radius 1 is 1.29 bits per heavy atom. The van der Waals surface area contributed by atoms with Crippen molar-refractivity contribution in [1.82, 2.24) is 9.21 Å². The number of halogens is 1. The minimum atomic E-state index is -3.61. The van der Waals surface area contributed by atoms with Crippen molar-refractivity contribution in [2.45, 2.75) is 17.4 Å². The molecule has 0 N–H and O–H groups in total. The van der Waals surface area contributed by atoms with E-state index < -0.39 is 21.7 Å². The molecule has 21 heavy (non-hydrogen) atoms. The number of hydrogen-bond donors (Lipinski definition) is 0. The fraction of sp³-hybridized carbons (Fsp3) is 0.462. The SMILES string of the molecule is Cc1ccc(Cl)cc1S(=O)(=O)N1CC2(CN(C)C(=O)O2)C1. The Labute approximate surface area is 128 Å². The third-order valence-electron chi connectivity index (χ3n) is 3.84. The Hall–Kier alpha value is -1.31. The van der Waals surface area contributed by atoms with Crippen LogP contribution in [-0.4, -0.2) is 56.0 Å². The van der Waals surface area contributed by atoms with Gasteiger partial charge in [-0.2, -0.15) is 4.31 Å². The molecule has 114 valence electrons. The molecule has 1 amide bonds. The quantitative estimate of drug-likeness (QED) is 0.823. The van der Waals surface area contributed by atoms with Gasteiger partial charge in [-0.25, -0.2) is 13.2 Å². The molecule has 1 aromatic carbocycles. The number of ether oxygens (including phenoxy) is 1. The van der Waals surface area contributed by atoms with Gasteiger partial charge in [0, 0.05) is 12.1 Å². The molecule has 0 bridgehead atoms. The summed E-state index contributed by atoms with van der Waals surface area (Å²) in [4.78, 5) is 13.1. The van der Waals surface area contributed by atoms with E-state index in [4.69, 9.17) is 16.3 Å². The number of amides is 1. The zero-order valence-corrected chi connectivity index (χ0v) is 13.2. The van der Waals surface area contributed by atoms with Crippen LogP contribution in [0.3, 0.4) is 0 Å². The van der Waals surface area contributed by atoms with Crippen LogP contribution in [0.4, 0.5) is 4.79 Å². The summed E-state index contributed by atoms with van der Waals surface area (Å²) < 4.78 is 31.8. The molecule has 0 radical (unpaired) electrons. The molecule has 2 aliphatic rings. The predicted molar refractivity (Wildman–Crippen MR) is 76.8 cm³/mol. The van der Waals surface area contributed by atoms with E-state index >= 15 is 0 Å². The lowest BCUT2D eigenvalue weighted by molar-refractivity contribution is -0.0335. The van der Waals surface area contributed by atoms with Crippen molar-refractivity contribution in [1.29, 1.82) is 0 Å². The fourth-order valence-electron chi connectivity index (χ4n) is 2.71. The van der Waals surface area contributed by atoms with Crippen LogP contribution in [0.2, 0.25) is 5.02 Å². The number of benzene rings is 1. The van der Waals surface area contributed by atoms with E-state index in [9.17, 15) is 13.2 Å². The van der Waals surface area contributed by atoms with Crippen molar-refractivity contribution < 1.29 is 17.9 Å². The lowest BCUT2D eigenvalue weighted by Gasteiger charge is -2.44. The van der Waals surface area contributed by atoms with E-state index in [0.717, 1.165) is 0 Å².